The molecule has 2 rings (SSSR count). The predicted octanol–water partition coefficient (Wildman–Crippen LogP) is 3.17. The largest absolute Gasteiger partial charge is 0.461 e. The van der Waals surface area contributed by atoms with Crippen LogP contribution in [-0.4, -0.2) is 41.0 Å². The Kier molecular flexibility index (Phi) is 5.50. The molecule has 2 heterocycles. The lowest BCUT2D eigenvalue weighted by atomic mass is 9.99. The quantitative estimate of drug-likeness (QED) is 0.801. The zero-order chi connectivity index (χ0) is 17.1. The Morgan fingerprint density at radius 2 is 1.96 bits per heavy atom. The molecule has 5 nitrogen and oxygen atoms in total. The molecular weight excluding hydrogens is 292 g/mol. The zero-order valence-corrected chi connectivity index (χ0v) is 14.9. The minimum Gasteiger partial charge on any atom is -0.461 e. The minimum atomic E-state index is -0.346. The number of hydrogen-bond donors (Lipinski definition) is 0. The van der Waals surface area contributed by atoms with Crippen molar-refractivity contribution in [2.24, 2.45) is 5.92 Å². The Morgan fingerprint density at radius 1 is 1.26 bits per heavy atom. The minimum absolute atomic E-state index is 0.0456. The topological polar surface area (TPSA) is 51.5 Å². The Hall–Kier alpha value is -1.78. The molecule has 0 bridgehead atoms. The number of rotatable bonds is 4. The summed E-state index contributed by atoms with van der Waals surface area (Å²) >= 11 is 0. The SMILES string of the molecule is CCOC(=O)c1c(C)c(C(=O)N2CCCC(C)C2)c(C)n1CC. The second kappa shape index (κ2) is 7.20. The molecule has 0 N–H and O–H groups in total. The van der Waals surface area contributed by atoms with Crippen molar-refractivity contribution in [2.75, 3.05) is 19.7 Å². The molecule has 0 aliphatic carbocycles. The molecule has 1 unspecified atom stereocenters. The van der Waals surface area contributed by atoms with Crippen LogP contribution in [-0.2, 0) is 11.3 Å². The summed E-state index contributed by atoms with van der Waals surface area (Å²) in [6, 6.07) is 0. The highest BCUT2D eigenvalue weighted by Gasteiger charge is 2.30. The molecule has 0 saturated carbocycles. The van der Waals surface area contributed by atoms with Gasteiger partial charge in [-0.05, 0) is 52.0 Å². The second-order valence-corrected chi connectivity index (χ2v) is 6.40. The van der Waals surface area contributed by atoms with Crippen molar-refractivity contribution in [3.05, 3.63) is 22.5 Å². The van der Waals surface area contributed by atoms with Crippen molar-refractivity contribution in [2.45, 2.75) is 54.0 Å². The van der Waals surface area contributed by atoms with Crippen LogP contribution in [0.5, 0.6) is 0 Å². The van der Waals surface area contributed by atoms with Gasteiger partial charge in [0.15, 0.2) is 0 Å². The normalized spacial score (nSPS) is 18.1. The summed E-state index contributed by atoms with van der Waals surface area (Å²) < 4.78 is 7.07. The number of amides is 1. The third-order valence-electron chi connectivity index (χ3n) is 4.71. The van der Waals surface area contributed by atoms with Gasteiger partial charge in [-0.2, -0.15) is 0 Å². The highest BCUT2D eigenvalue weighted by Crippen LogP contribution is 2.26. The molecule has 0 aromatic carbocycles. The zero-order valence-electron chi connectivity index (χ0n) is 14.9. The van der Waals surface area contributed by atoms with Gasteiger partial charge in [0.05, 0.1) is 12.2 Å². The fourth-order valence-electron chi connectivity index (χ4n) is 3.60. The number of hydrogen-bond acceptors (Lipinski definition) is 3. The molecule has 1 atom stereocenters. The molecule has 1 aromatic heterocycles. The Balaban J connectivity index is 2.42. The van der Waals surface area contributed by atoms with E-state index in [-0.39, 0.29) is 11.9 Å². The van der Waals surface area contributed by atoms with Gasteiger partial charge in [0.25, 0.3) is 5.91 Å². The van der Waals surface area contributed by atoms with Crippen molar-refractivity contribution in [1.82, 2.24) is 9.47 Å². The van der Waals surface area contributed by atoms with Crippen molar-refractivity contribution in [3.63, 3.8) is 0 Å². The molecule has 1 fully saturated rings. The molecule has 0 spiro atoms. The van der Waals surface area contributed by atoms with Crippen molar-refractivity contribution < 1.29 is 14.3 Å². The molecule has 0 radical (unpaired) electrons. The molecular formula is C18H28N2O3. The number of nitrogens with zero attached hydrogens (tertiary/aromatic N) is 2. The van der Waals surface area contributed by atoms with E-state index in [0.717, 1.165) is 30.8 Å². The number of carbonyl (C=O) groups excluding carboxylic acids is 2. The second-order valence-electron chi connectivity index (χ2n) is 6.40. The van der Waals surface area contributed by atoms with E-state index in [9.17, 15) is 9.59 Å². The predicted molar refractivity (Wildman–Crippen MR) is 89.8 cm³/mol. The van der Waals surface area contributed by atoms with Crippen LogP contribution in [0.15, 0.2) is 0 Å². The highest BCUT2D eigenvalue weighted by molar-refractivity contribution is 6.01. The van der Waals surface area contributed by atoms with Crippen LogP contribution in [0, 0.1) is 19.8 Å². The lowest BCUT2D eigenvalue weighted by molar-refractivity contribution is 0.0512. The molecule has 23 heavy (non-hydrogen) atoms. The number of aromatic nitrogens is 1. The average molecular weight is 320 g/mol. The monoisotopic (exact) mass is 320 g/mol. The van der Waals surface area contributed by atoms with Gasteiger partial charge < -0.3 is 14.2 Å². The maximum atomic E-state index is 13.0. The third kappa shape index (κ3) is 3.28. The van der Waals surface area contributed by atoms with Crippen LogP contribution in [0.4, 0.5) is 0 Å². The van der Waals surface area contributed by atoms with Gasteiger partial charge in [-0.25, -0.2) is 4.79 Å². The number of piperidine rings is 1. The number of likely N-dealkylation sites (tertiary alicyclic amines) is 1. The van der Waals surface area contributed by atoms with Crippen molar-refractivity contribution in [3.8, 4) is 0 Å². The van der Waals surface area contributed by atoms with Gasteiger partial charge in [-0.3, -0.25) is 4.79 Å². The summed E-state index contributed by atoms with van der Waals surface area (Å²) in [5.74, 6) is 0.233. The molecule has 1 aliphatic heterocycles. The van der Waals surface area contributed by atoms with E-state index in [1.54, 1.807) is 6.92 Å². The lowest BCUT2D eigenvalue weighted by Crippen LogP contribution is -2.39. The maximum Gasteiger partial charge on any atom is 0.355 e. The standard InChI is InChI=1S/C18H28N2O3/c1-6-20-14(5)15(13(4)16(20)18(22)23-7-2)17(21)19-10-8-9-12(3)11-19/h12H,6-11H2,1-5H3. The third-order valence-corrected chi connectivity index (χ3v) is 4.71. The summed E-state index contributed by atoms with van der Waals surface area (Å²) in [6.45, 7) is 12.3. The van der Waals surface area contributed by atoms with Gasteiger partial charge in [0.2, 0.25) is 0 Å². The molecule has 1 aliphatic rings. The summed E-state index contributed by atoms with van der Waals surface area (Å²) in [4.78, 5) is 27.2. The Bertz CT molecular complexity index is 604. The molecule has 1 saturated heterocycles. The van der Waals surface area contributed by atoms with E-state index in [1.807, 2.05) is 30.2 Å². The first-order valence-electron chi connectivity index (χ1n) is 8.58. The van der Waals surface area contributed by atoms with E-state index in [1.165, 1.54) is 6.42 Å². The van der Waals surface area contributed by atoms with E-state index < -0.39 is 0 Å². The smallest absolute Gasteiger partial charge is 0.355 e. The van der Waals surface area contributed by atoms with Crippen molar-refractivity contribution >= 4 is 11.9 Å². The van der Waals surface area contributed by atoms with Gasteiger partial charge in [0.1, 0.15) is 5.69 Å². The maximum absolute atomic E-state index is 13.0. The molecule has 1 amide bonds. The van der Waals surface area contributed by atoms with Gasteiger partial charge >= 0.3 is 5.97 Å². The van der Waals surface area contributed by atoms with E-state index >= 15 is 0 Å². The summed E-state index contributed by atoms with van der Waals surface area (Å²) in [6.07, 6.45) is 2.22. The van der Waals surface area contributed by atoms with Crippen LogP contribution in [0.2, 0.25) is 0 Å². The number of esters is 1. The fourth-order valence-corrected chi connectivity index (χ4v) is 3.60. The summed E-state index contributed by atoms with van der Waals surface area (Å²) in [5, 5.41) is 0. The van der Waals surface area contributed by atoms with Crippen molar-refractivity contribution in [1.29, 1.82) is 0 Å². The summed E-state index contributed by atoms with van der Waals surface area (Å²) in [5.41, 5.74) is 2.78. The number of ether oxygens (including phenoxy) is 1. The van der Waals surface area contributed by atoms with Crippen LogP contribution < -0.4 is 0 Å². The molecule has 128 valence electrons. The first kappa shape index (κ1) is 17.6. The van der Waals surface area contributed by atoms with E-state index in [4.69, 9.17) is 4.74 Å². The Morgan fingerprint density at radius 3 is 2.52 bits per heavy atom. The van der Waals surface area contributed by atoms with E-state index in [0.29, 0.717) is 30.3 Å². The van der Waals surface area contributed by atoms with Crippen LogP contribution in [0.1, 0.15) is 65.7 Å². The van der Waals surface area contributed by atoms with Crippen LogP contribution in [0.25, 0.3) is 0 Å². The summed E-state index contributed by atoms with van der Waals surface area (Å²) in [7, 11) is 0. The van der Waals surface area contributed by atoms with Crippen LogP contribution >= 0.6 is 0 Å². The van der Waals surface area contributed by atoms with E-state index in [2.05, 4.69) is 6.92 Å². The lowest BCUT2D eigenvalue weighted by Gasteiger charge is -2.31. The van der Waals surface area contributed by atoms with Crippen LogP contribution in [0.3, 0.4) is 0 Å². The number of carbonyl (C=O) groups is 2. The highest BCUT2D eigenvalue weighted by atomic mass is 16.5. The van der Waals surface area contributed by atoms with Gasteiger partial charge in [0, 0.05) is 25.3 Å². The Labute approximate surface area is 138 Å². The molecule has 5 heteroatoms. The fraction of sp³-hybridized carbons (Fsp3) is 0.667. The van der Waals surface area contributed by atoms with Gasteiger partial charge in [-0.15, -0.1) is 0 Å². The average Bonchev–Trinajstić information content (AvgIpc) is 2.77. The van der Waals surface area contributed by atoms with Gasteiger partial charge in [-0.1, -0.05) is 6.92 Å². The first-order chi connectivity index (χ1) is 10.9. The molecule has 1 aromatic rings. The first-order valence-corrected chi connectivity index (χ1v) is 8.58.